The van der Waals surface area contributed by atoms with Crippen molar-refractivity contribution in [2.75, 3.05) is 0 Å². The molecule has 0 amide bonds. The van der Waals surface area contributed by atoms with Crippen LogP contribution < -0.4 is 0 Å². The van der Waals surface area contributed by atoms with Gasteiger partial charge in [0.1, 0.15) is 0 Å². The van der Waals surface area contributed by atoms with Gasteiger partial charge in [-0.1, -0.05) is 66.7 Å². The predicted octanol–water partition coefficient (Wildman–Crippen LogP) is 5.06. The van der Waals surface area contributed by atoms with E-state index in [2.05, 4.69) is 42.5 Å². The maximum atomic E-state index is 12.9. The molecule has 2 aliphatic carbocycles. The molecule has 0 aliphatic heterocycles. The lowest BCUT2D eigenvalue weighted by Gasteiger charge is -2.26. The van der Waals surface area contributed by atoms with Crippen molar-refractivity contribution in [2.24, 2.45) is 0 Å². The fourth-order valence-electron chi connectivity index (χ4n) is 3.80. The van der Waals surface area contributed by atoms with E-state index in [1.165, 1.54) is 16.7 Å². The molecule has 1 nitrogen and oxygen atoms in total. The lowest BCUT2D eigenvalue weighted by Crippen LogP contribution is -2.13. The summed E-state index contributed by atoms with van der Waals surface area (Å²) < 4.78 is 0. The molecule has 3 aromatic carbocycles. The van der Waals surface area contributed by atoms with Gasteiger partial charge in [-0.2, -0.15) is 0 Å². The van der Waals surface area contributed by atoms with Crippen LogP contribution in [0.3, 0.4) is 0 Å². The Morgan fingerprint density at radius 3 is 2.52 bits per heavy atom. The fourth-order valence-corrected chi connectivity index (χ4v) is 3.80. The Morgan fingerprint density at radius 1 is 0.739 bits per heavy atom. The van der Waals surface area contributed by atoms with Gasteiger partial charge in [0.05, 0.1) is 0 Å². The summed E-state index contributed by atoms with van der Waals surface area (Å²) in [6.07, 6.45) is 5.00. The summed E-state index contributed by atoms with van der Waals surface area (Å²) >= 11 is 0. The van der Waals surface area contributed by atoms with Crippen molar-refractivity contribution in [3.05, 3.63) is 95.1 Å². The quantitative estimate of drug-likeness (QED) is 0.566. The van der Waals surface area contributed by atoms with Crippen molar-refractivity contribution in [3.8, 4) is 0 Å². The van der Waals surface area contributed by atoms with Crippen LogP contribution in [-0.4, -0.2) is 5.78 Å². The van der Waals surface area contributed by atoms with E-state index in [4.69, 9.17) is 0 Å². The topological polar surface area (TPSA) is 17.1 Å². The first-order valence-corrected chi connectivity index (χ1v) is 7.90. The smallest absolute Gasteiger partial charge is 0.187 e. The highest BCUT2D eigenvalue weighted by Gasteiger charge is 2.27. The molecular weight excluding hydrogens is 280 g/mol. The number of hydrogen-bond acceptors (Lipinski definition) is 1. The van der Waals surface area contributed by atoms with Crippen LogP contribution in [0, 0.1) is 0 Å². The molecule has 0 N–H and O–H groups in total. The number of rotatable bonds is 0. The van der Waals surface area contributed by atoms with Crippen molar-refractivity contribution in [3.63, 3.8) is 0 Å². The molecule has 0 radical (unpaired) electrons. The number of ketones is 1. The van der Waals surface area contributed by atoms with E-state index in [0.29, 0.717) is 0 Å². The van der Waals surface area contributed by atoms with Gasteiger partial charge >= 0.3 is 0 Å². The molecule has 0 spiro atoms. The summed E-state index contributed by atoms with van der Waals surface area (Å²) in [5, 5.41) is 2.17. The number of benzene rings is 3. The second-order valence-electron chi connectivity index (χ2n) is 6.11. The summed E-state index contributed by atoms with van der Waals surface area (Å²) in [6, 6.07) is 20.7. The number of allylic oxidation sites excluding steroid dienone is 4. The van der Waals surface area contributed by atoms with Gasteiger partial charge < -0.3 is 0 Å². The van der Waals surface area contributed by atoms with E-state index in [9.17, 15) is 4.79 Å². The summed E-state index contributed by atoms with van der Waals surface area (Å²) in [7, 11) is 0. The number of carbonyl (C=O) groups is 1. The first kappa shape index (κ1) is 12.6. The van der Waals surface area contributed by atoms with Crippen molar-refractivity contribution in [1.82, 2.24) is 0 Å². The molecule has 108 valence electrons. The van der Waals surface area contributed by atoms with E-state index in [0.717, 1.165) is 33.9 Å². The van der Waals surface area contributed by atoms with Gasteiger partial charge in [0.2, 0.25) is 0 Å². The Morgan fingerprint density at radius 2 is 1.57 bits per heavy atom. The summed E-state index contributed by atoms with van der Waals surface area (Å²) in [6.45, 7) is 0. The summed E-state index contributed by atoms with van der Waals surface area (Å²) in [5.74, 6) is 0.112. The van der Waals surface area contributed by atoms with Gasteiger partial charge in [-0.25, -0.2) is 0 Å². The van der Waals surface area contributed by atoms with E-state index in [-0.39, 0.29) is 5.78 Å². The van der Waals surface area contributed by atoms with Crippen LogP contribution in [0.2, 0.25) is 0 Å². The van der Waals surface area contributed by atoms with Crippen LogP contribution in [0.25, 0.3) is 21.9 Å². The third-order valence-electron chi connectivity index (χ3n) is 4.86. The first-order valence-electron chi connectivity index (χ1n) is 7.90. The molecule has 3 aromatic rings. The summed E-state index contributed by atoms with van der Waals surface area (Å²) in [5.41, 5.74) is 6.67. The van der Waals surface area contributed by atoms with Crippen LogP contribution in [0.1, 0.15) is 27.0 Å². The van der Waals surface area contributed by atoms with Crippen LogP contribution in [-0.2, 0) is 6.42 Å². The monoisotopic (exact) mass is 294 g/mol. The molecule has 0 saturated heterocycles. The lowest BCUT2D eigenvalue weighted by molar-refractivity contribution is 0.104. The minimum Gasteiger partial charge on any atom is -0.289 e. The minimum atomic E-state index is 0.112. The van der Waals surface area contributed by atoms with Gasteiger partial charge in [-0.05, 0) is 51.1 Å². The highest BCUT2D eigenvalue weighted by atomic mass is 16.1. The van der Waals surface area contributed by atoms with Gasteiger partial charge in [-0.3, -0.25) is 4.79 Å². The molecule has 0 heterocycles. The van der Waals surface area contributed by atoms with Crippen molar-refractivity contribution < 1.29 is 4.79 Å². The highest BCUT2D eigenvalue weighted by Crippen LogP contribution is 2.43. The van der Waals surface area contributed by atoms with Gasteiger partial charge in [0, 0.05) is 5.56 Å². The molecule has 0 fully saturated rings. The zero-order valence-electron chi connectivity index (χ0n) is 12.5. The largest absolute Gasteiger partial charge is 0.289 e. The standard InChI is InChI=1S/C22H14O/c23-21-13-20-16-7-3-1-5-14(16)9-11-18(20)19-12-10-15-6-2-4-8-17(15)22(19)21/h1-8,10-13H,9H2. The Kier molecular flexibility index (Phi) is 2.48. The van der Waals surface area contributed by atoms with Crippen molar-refractivity contribution in [2.45, 2.75) is 6.42 Å². The molecule has 1 heteroatoms. The maximum Gasteiger partial charge on any atom is 0.187 e. The Bertz CT molecular complexity index is 1050. The number of hydrogen-bond donors (Lipinski definition) is 0. The third-order valence-corrected chi connectivity index (χ3v) is 4.86. The lowest BCUT2D eigenvalue weighted by atomic mass is 9.76. The molecule has 2 aliphatic rings. The van der Waals surface area contributed by atoms with E-state index >= 15 is 0 Å². The Labute approximate surface area is 134 Å². The molecule has 0 aromatic heterocycles. The average Bonchev–Trinajstić information content (AvgIpc) is 2.61. The van der Waals surface area contributed by atoms with Gasteiger partial charge in [0.25, 0.3) is 0 Å². The molecule has 5 rings (SSSR count). The Balaban J connectivity index is 1.83. The third kappa shape index (κ3) is 1.71. The molecule has 0 saturated carbocycles. The van der Waals surface area contributed by atoms with Gasteiger partial charge in [-0.15, -0.1) is 0 Å². The molecular formula is C22H14O. The SMILES string of the molecule is O=C1C=C2C(=CCc3ccccc32)c2ccc3ccccc3c21. The average molecular weight is 294 g/mol. The van der Waals surface area contributed by atoms with Crippen LogP contribution in [0.5, 0.6) is 0 Å². The molecule has 0 atom stereocenters. The van der Waals surface area contributed by atoms with E-state index < -0.39 is 0 Å². The second kappa shape index (κ2) is 4.53. The minimum absolute atomic E-state index is 0.112. The molecule has 0 bridgehead atoms. The zero-order chi connectivity index (χ0) is 15.4. The number of fused-ring (bicyclic) bond motifs is 7. The maximum absolute atomic E-state index is 12.9. The molecule has 23 heavy (non-hydrogen) atoms. The fraction of sp³-hybridized carbons (Fsp3) is 0.0455. The number of carbonyl (C=O) groups excluding carboxylic acids is 1. The normalized spacial score (nSPS) is 15.4. The zero-order valence-corrected chi connectivity index (χ0v) is 12.5. The van der Waals surface area contributed by atoms with Crippen LogP contribution in [0.4, 0.5) is 0 Å². The summed E-state index contributed by atoms with van der Waals surface area (Å²) in [4.78, 5) is 12.9. The van der Waals surface area contributed by atoms with E-state index in [1.54, 1.807) is 0 Å². The van der Waals surface area contributed by atoms with E-state index in [1.807, 2.05) is 30.3 Å². The highest BCUT2D eigenvalue weighted by molar-refractivity contribution is 6.28. The van der Waals surface area contributed by atoms with Crippen molar-refractivity contribution >= 4 is 27.7 Å². The first-order chi connectivity index (χ1) is 11.3. The molecule has 0 unspecified atom stereocenters. The Hall–Kier alpha value is -2.93. The second-order valence-corrected chi connectivity index (χ2v) is 6.11. The van der Waals surface area contributed by atoms with Crippen molar-refractivity contribution in [1.29, 1.82) is 0 Å². The predicted molar refractivity (Wildman–Crippen MR) is 94.4 cm³/mol. The van der Waals surface area contributed by atoms with Crippen LogP contribution >= 0.6 is 0 Å². The van der Waals surface area contributed by atoms with Crippen LogP contribution in [0.15, 0.2) is 72.8 Å². The van der Waals surface area contributed by atoms with Gasteiger partial charge in [0.15, 0.2) is 5.78 Å².